The Morgan fingerprint density at radius 2 is 2.04 bits per heavy atom. The van der Waals surface area contributed by atoms with Crippen LogP contribution in [0.5, 0.6) is 5.88 Å². The molecule has 1 heterocycles. The number of pyridine rings is 1. The molecule has 1 unspecified atom stereocenters. The first kappa shape index (κ1) is 20.2. The van der Waals surface area contributed by atoms with Crippen LogP contribution < -0.4 is 15.4 Å². The Labute approximate surface area is 146 Å². The van der Waals surface area contributed by atoms with Crippen LogP contribution in [0, 0.1) is 5.92 Å². The van der Waals surface area contributed by atoms with Crippen molar-refractivity contribution in [1.82, 2.24) is 15.6 Å². The van der Waals surface area contributed by atoms with Crippen molar-refractivity contribution in [2.24, 2.45) is 10.9 Å². The van der Waals surface area contributed by atoms with Crippen LogP contribution in [0.25, 0.3) is 0 Å². The van der Waals surface area contributed by atoms with Crippen molar-refractivity contribution in [3.63, 3.8) is 0 Å². The molecular formula is C18H32N4O2. The fourth-order valence-electron chi connectivity index (χ4n) is 2.35. The van der Waals surface area contributed by atoms with Gasteiger partial charge in [0, 0.05) is 39.0 Å². The van der Waals surface area contributed by atoms with Gasteiger partial charge >= 0.3 is 0 Å². The van der Waals surface area contributed by atoms with Crippen LogP contribution in [-0.2, 0) is 11.3 Å². The maximum absolute atomic E-state index is 5.76. The van der Waals surface area contributed by atoms with Gasteiger partial charge in [-0.15, -0.1) is 0 Å². The van der Waals surface area contributed by atoms with Crippen molar-refractivity contribution in [2.75, 3.05) is 26.8 Å². The monoisotopic (exact) mass is 336 g/mol. The highest BCUT2D eigenvalue weighted by atomic mass is 16.5. The predicted octanol–water partition coefficient (Wildman–Crippen LogP) is 2.60. The molecule has 0 radical (unpaired) electrons. The molecule has 0 bridgehead atoms. The molecule has 0 fully saturated rings. The molecule has 0 aliphatic heterocycles. The third kappa shape index (κ3) is 7.64. The second-order valence-electron chi connectivity index (χ2n) is 5.81. The van der Waals surface area contributed by atoms with Gasteiger partial charge in [0.15, 0.2) is 5.96 Å². The van der Waals surface area contributed by atoms with Gasteiger partial charge in [-0.3, -0.25) is 4.99 Å². The van der Waals surface area contributed by atoms with Crippen LogP contribution in [0.1, 0.15) is 39.7 Å². The summed E-state index contributed by atoms with van der Waals surface area (Å²) in [7, 11) is 1.77. The number of hydrogen-bond acceptors (Lipinski definition) is 4. The Morgan fingerprint density at radius 3 is 2.67 bits per heavy atom. The molecule has 1 aromatic heterocycles. The lowest BCUT2D eigenvalue weighted by molar-refractivity contribution is 0.0258. The first-order chi connectivity index (χ1) is 11.6. The lowest BCUT2D eigenvalue weighted by Gasteiger charge is -2.21. The summed E-state index contributed by atoms with van der Waals surface area (Å²) in [6.45, 7) is 11.2. The fourth-order valence-corrected chi connectivity index (χ4v) is 2.35. The van der Waals surface area contributed by atoms with Crippen molar-refractivity contribution in [3.8, 4) is 5.88 Å². The second kappa shape index (κ2) is 11.7. The van der Waals surface area contributed by atoms with E-state index in [-0.39, 0.29) is 6.10 Å². The van der Waals surface area contributed by atoms with Gasteiger partial charge in [-0.1, -0.05) is 13.8 Å². The summed E-state index contributed by atoms with van der Waals surface area (Å²) >= 11 is 0. The number of rotatable bonds is 10. The Kier molecular flexibility index (Phi) is 9.84. The average Bonchev–Trinajstić information content (AvgIpc) is 2.57. The lowest BCUT2D eigenvalue weighted by atomic mass is 10.0. The molecule has 1 atom stereocenters. The first-order valence-corrected chi connectivity index (χ1v) is 8.74. The molecule has 0 aliphatic rings. The predicted molar refractivity (Wildman–Crippen MR) is 98.5 cm³/mol. The number of nitrogens with zero attached hydrogens (tertiary/aromatic N) is 2. The topological polar surface area (TPSA) is 67.8 Å². The van der Waals surface area contributed by atoms with E-state index in [2.05, 4.69) is 34.5 Å². The van der Waals surface area contributed by atoms with Crippen LogP contribution >= 0.6 is 0 Å². The molecular weight excluding hydrogens is 304 g/mol. The summed E-state index contributed by atoms with van der Waals surface area (Å²) in [5.74, 6) is 1.94. The average molecular weight is 336 g/mol. The SMILES string of the molecule is CCOc1cc(CNC(=NC)NCCC(OCC)C(C)C)ccn1. The van der Waals surface area contributed by atoms with Gasteiger partial charge < -0.3 is 20.1 Å². The number of ether oxygens (including phenoxy) is 2. The number of nitrogens with one attached hydrogen (secondary N) is 2. The molecule has 0 aromatic carbocycles. The molecule has 6 heteroatoms. The number of hydrogen-bond donors (Lipinski definition) is 2. The van der Waals surface area contributed by atoms with Crippen LogP contribution in [-0.4, -0.2) is 43.9 Å². The first-order valence-electron chi connectivity index (χ1n) is 8.74. The minimum Gasteiger partial charge on any atom is -0.478 e. The van der Waals surface area contributed by atoms with Crippen molar-refractivity contribution < 1.29 is 9.47 Å². The molecule has 0 saturated carbocycles. The third-order valence-corrected chi connectivity index (χ3v) is 3.62. The Bertz CT molecular complexity index is 492. The van der Waals surface area contributed by atoms with Crippen LogP contribution in [0.3, 0.4) is 0 Å². The van der Waals surface area contributed by atoms with Crippen LogP contribution in [0.15, 0.2) is 23.3 Å². The summed E-state index contributed by atoms with van der Waals surface area (Å²) in [6.07, 6.45) is 2.98. The molecule has 24 heavy (non-hydrogen) atoms. The summed E-state index contributed by atoms with van der Waals surface area (Å²) in [4.78, 5) is 8.43. The third-order valence-electron chi connectivity index (χ3n) is 3.62. The zero-order valence-electron chi connectivity index (χ0n) is 15.6. The molecule has 0 amide bonds. The van der Waals surface area contributed by atoms with Gasteiger partial charge in [0.05, 0.1) is 12.7 Å². The molecule has 6 nitrogen and oxygen atoms in total. The maximum atomic E-state index is 5.76. The minimum atomic E-state index is 0.273. The van der Waals surface area contributed by atoms with Gasteiger partial charge in [0.2, 0.25) is 5.88 Å². The van der Waals surface area contributed by atoms with Gasteiger partial charge in [0.25, 0.3) is 0 Å². The van der Waals surface area contributed by atoms with Gasteiger partial charge in [0.1, 0.15) is 0 Å². The highest BCUT2D eigenvalue weighted by molar-refractivity contribution is 5.79. The molecule has 0 aliphatic carbocycles. The van der Waals surface area contributed by atoms with E-state index in [0.717, 1.165) is 31.1 Å². The zero-order chi connectivity index (χ0) is 17.8. The van der Waals surface area contributed by atoms with E-state index in [9.17, 15) is 0 Å². The normalized spacial score (nSPS) is 13.0. The minimum absolute atomic E-state index is 0.273. The molecule has 136 valence electrons. The van der Waals surface area contributed by atoms with Crippen molar-refractivity contribution >= 4 is 5.96 Å². The maximum Gasteiger partial charge on any atom is 0.213 e. The molecule has 0 spiro atoms. The Morgan fingerprint density at radius 1 is 1.25 bits per heavy atom. The molecule has 2 N–H and O–H groups in total. The smallest absolute Gasteiger partial charge is 0.213 e. The van der Waals surface area contributed by atoms with E-state index in [0.29, 0.717) is 24.9 Å². The molecule has 1 aromatic rings. The van der Waals surface area contributed by atoms with Crippen LogP contribution in [0.2, 0.25) is 0 Å². The van der Waals surface area contributed by atoms with E-state index in [1.54, 1.807) is 13.2 Å². The lowest BCUT2D eigenvalue weighted by Crippen LogP contribution is -2.38. The second-order valence-corrected chi connectivity index (χ2v) is 5.81. The number of aliphatic imine (C=N–C) groups is 1. The van der Waals surface area contributed by atoms with Crippen molar-refractivity contribution in [1.29, 1.82) is 0 Å². The standard InChI is InChI=1S/C18H32N4O2/c1-6-23-16(14(3)4)9-11-21-18(19-5)22-13-15-8-10-20-17(12-15)24-7-2/h8,10,12,14,16H,6-7,9,11,13H2,1-5H3,(H2,19,21,22). The van der Waals surface area contributed by atoms with E-state index >= 15 is 0 Å². The van der Waals surface area contributed by atoms with Crippen molar-refractivity contribution in [2.45, 2.75) is 46.8 Å². The number of guanidine groups is 1. The highest BCUT2D eigenvalue weighted by Gasteiger charge is 2.12. The van der Waals surface area contributed by atoms with Gasteiger partial charge in [-0.05, 0) is 37.8 Å². The summed E-state index contributed by atoms with van der Waals surface area (Å²) < 4.78 is 11.2. The Hall–Kier alpha value is -1.82. The summed E-state index contributed by atoms with van der Waals surface area (Å²) in [5.41, 5.74) is 1.10. The molecule has 1 rings (SSSR count). The summed E-state index contributed by atoms with van der Waals surface area (Å²) in [5, 5.41) is 6.64. The highest BCUT2D eigenvalue weighted by Crippen LogP contribution is 2.10. The molecule has 0 saturated heterocycles. The van der Waals surface area contributed by atoms with Crippen LogP contribution in [0.4, 0.5) is 0 Å². The summed E-state index contributed by atoms with van der Waals surface area (Å²) in [6, 6.07) is 3.90. The quantitative estimate of drug-likeness (QED) is 0.508. The number of aromatic nitrogens is 1. The van der Waals surface area contributed by atoms with Gasteiger partial charge in [-0.25, -0.2) is 4.98 Å². The van der Waals surface area contributed by atoms with E-state index < -0.39 is 0 Å². The Balaban J connectivity index is 2.41. The largest absolute Gasteiger partial charge is 0.478 e. The zero-order valence-corrected chi connectivity index (χ0v) is 15.6. The van der Waals surface area contributed by atoms with Gasteiger partial charge in [-0.2, -0.15) is 0 Å². The fraction of sp³-hybridized carbons (Fsp3) is 0.667. The van der Waals surface area contributed by atoms with E-state index in [1.807, 2.05) is 26.0 Å². The van der Waals surface area contributed by atoms with E-state index in [1.165, 1.54) is 0 Å². The van der Waals surface area contributed by atoms with E-state index in [4.69, 9.17) is 9.47 Å². The van der Waals surface area contributed by atoms with Crippen molar-refractivity contribution in [3.05, 3.63) is 23.9 Å².